The second-order valence-corrected chi connectivity index (χ2v) is 8.85. The van der Waals surface area contributed by atoms with Gasteiger partial charge >= 0.3 is 0 Å². The number of fused-ring (bicyclic) bond motifs is 5. The number of amides is 1. The van der Waals surface area contributed by atoms with Crippen LogP contribution in [0.4, 0.5) is 0 Å². The summed E-state index contributed by atoms with van der Waals surface area (Å²) < 4.78 is 0. The maximum Gasteiger partial charge on any atom is 0.241 e. The fourth-order valence-corrected chi connectivity index (χ4v) is 5.56. The van der Waals surface area contributed by atoms with E-state index in [1.165, 1.54) is 36.8 Å². The number of hydrogen-bond donors (Lipinski definition) is 2. The van der Waals surface area contributed by atoms with Gasteiger partial charge in [0.25, 0.3) is 0 Å². The van der Waals surface area contributed by atoms with Gasteiger partial charge in [0.2, 0.25) is 5.91 Å². The minimum Gasteiger partial charge on any atom is -0.337 e. The predicted octanol–water partition coefficient (Wildman–Crippen LogP) is 1.33. The lowest BCUT2D eigenvalue weighted by Gasteiger charge is -2.37. The quantitative estimate of drug-likeness (QED) is 0.841. The fourth-order valence-electron chi connectivity index (χ4n) is 5.56. The molecule has 2 bridgehead atoms. The zero-order valence-electron chi connectivity index (χ0n) is 15.7. The highest BCUT2D eigenvalue weighted by molar-refractivity contribution is 5.82. The summed E-state index contributed by atoms with van der Waals surface area (Å²) in [4.78, 5) is 18.0. The normalized spacial score (nSPS) is 34.9. The van der Waals surface area contributed by atoms with Crippen molar-refractivity contribution in [3.63, 3.8) is 0 Å². The van der Waals surface area contributed by atoms with Gasteiger partial charge in [0.05, 0.1) is 0 Å². The number of rotatable bonds is 2. The van der Waals surface area contributed by atoms with Crippen molar-refractivity contribution < 1.29 is 4.79 Å². The van der Waals surface area contributed by atoms with Gasteiger partial charge in [-0.2, -0.15) is 0 Å². The number of piperidine rings is 1. The largest absolute Gasteiger partial charge is 0.337 e. The molecule has 4 fully saturated rings. The summed E-state index contributed by atoms with van der Waals surface area (Å²) in [5, 5.41) is 0. The Morgan fingerprint density at radius 1 is 1.00 bits per heavy atom. The van der Waals surface area contributed by atoms with E-state index in [1.807, 2.05) is 0 Å². The average Bonchev–Trinajstić information content (AvgIpc) is 3.17. The van der Waals surface area contributed by atoms with Gasteiger partial charge < -0.3 is 4.90 Å². The molecule has 140 valence electrons. The minimum absolute atomic E-state index is 0.0477. The van der Waals surface area contributed by atoms with Crippen LogP contribution in [0, 0.1) is 5.92 Å². The first-order chi connectivity index (χ1) is 12.7. The summed E-state index contributed by atoms with van der Waals surface area (Å²) in [7, 11) is 0. The van der Waals surface area contributed by atoms with Crippen LogP contribution < -0.4 is 10.9 Å². The number of hydrazine groups is 1. The summed E-state index contributed by atoms with van der Waals surface area (Å²) in [6.45, 7) is 5.29. The summed E-state index contributed by atoms with van der Waals surface area (Å²) in [5.41, 5.74) is 9.46. The van der Waals surface area contributed by atoms with Gasteiger partial charge in [-0.1, -0.05) is 24.3 Å². The van der Waals surface area contributed by atoms with Crippen molar-refractivity contribution in [3.8, 4) is 0 Å². The highest BCUT2D eigenvalue weighted by atomic mass is 16.2. The predicted molar refractivity (Wildman–Crippen MR) is 102 cm³/mol. The Balaban J connectivity index is 1.29. The van der Waals surface area contributed by atoms with Gasteiger partial charge in [0, 0.05) is 37.8 Å². The van der Waals surface area contributed by atoms with Gasteiger partial charge in [0.15, 0.2) is 0 Å². The summed E-state index contributed by atoms with van der Waals surface area (Å²) in [6, 6.07) is 10.2. The molecule has 0 radical (unpaired) electrons. The van der Waals surface area contributed by atoms with Crippen molar-refractivity contribution in [2.45, 2.75) is 63.2 Å². The molecule has 0 spiro atoms. The van der Waals surface area contributed by atoms with E-state index in [9.17, 15) is 4.79 Å². The number of nitrogens with zero attached hydrogens (tertiary/aromatic N) is 2. The molecule has 1 aliphatic carbocycles. The lowest BCUT2D eigenvalue weighted by atomic mass is 9.94. The molecule has 2 N–H and O–H groups in total. The van der Waals surface area contributed by atoms with E-state index < -0.39 is 0 Å². The molecular formula is C21H30N4O. The van der Waals surface area contributed by atoms with E-state index in [2.05, 4.69) is 51.8 Å². The first-order valence-electron chi connectivity index (χ1n) is 10.3. The molecule has 0 aromatic heterocycles. The molecule has 0 saturated carbocycles. The van der Waals surface area contributed by atoms with Crippen LogP contribution in [0.1, 0.15) is 37.3 Å². The van der Waals surface area contributed by atoms with Crippen LogP contribution in [-0.4, -0.2) is 59.5 Å². The third-order valence-corrected chi connectivity index (χ3v) is 6.96. The van der Waals surface area contributed by atoms with Crippen molar-refractivity contribution in [3.05, 3.63) is 35.4 Å². The van der Waals surface area contributed by atoms with E-state index in [-0.39, 0.29) is 6.04 Å². The van der Waals surface area contributed by atoms with Crippen LogP contribution in [0.5, 0.6) is 0 Å². The van der Waals surface area contributed by atoms with E-state index >= 15 is 0 Å². The monoisotopic (exact) mass is 354 g/mol. The molecule has 26 heavy (non-hydrogen) atoms. The molecule has 5 heteroatoms. The maximum atomic E-state index is 13.1. The first kappa shape index (κ1) is 16.7. The van der Waals surface area contributed by atoms with E-state index in [0.29, 0.717) is 30.0 Å². The highest BCUT2D eigenvalue weighted by Crippen LogP contribution is 2.33. The smallest absolute Gasteiger partial charge is 0.241 e. The molecule has 4 saturated heterocycles. The third kappa shape index (κ3) is 2.96. The Hall–Kier alpha value is -1.43. The summed E-state index contributed by atoms with van der Waals surface area (Å²) >= 11 is 0. The SMILES string of the molecule is CC1CC(C(=O)N2C[C@H]3CC[C@@H]2CN(C2Cc4ccccc4C2)C3)NN1. The average molecular weight is 354 g/mol. The second-order valence-electron chi connectivity index (χ2n) is 8.85. The van der Waals surface area contributed by atoms with E-state index in [0.717, 1.165) is 26.1 Å². The Morgan fingerprint density at radius 2 is 1.77 bits per heavy atom. The van der Waals surface area contributed by atoms with Gasteiger partial charge in [-0.05, 0) is 56.1 Å². The molecule has 4 atom stereocenters. The van der Waals surface area contributed by atoms with Crippen molar-refractivity contribution >= 4 is 5.91 Å². The summed E-state index contributed by atoms with van der Waals surface area (Å²) in [5.74, 6) is 0.946. The second kappa shape index (κ2) is 6.63. The van der Waals surface area contributed by atoms with Crippen LogP contribution in [-0.2, 0) is 17.6 Å². The van der Waals surface area contributed by atoms with E-state index in [4.69, 9.17) is 0 Å². The van der Waals surface area contributed by atoms with Gasteiger partial charge in [0.1, 0.15) is 6.04 Å². The van der Waals surface area contributed by atoms with Crippen LogP contribution in [0.3, 0.4) is 0 Å². The molecule has 5 aliphatic rings. The maximum absolute atomic E-state index is 13.1. The number of nitrogens with one attached hydrogen (secondary N) is 2. The lowest BCUT2D eigenvalue weighted by molar-refractivity contribution is -0.137. The van der Waals surface area contributed by atoms with Crippen molar-refractivity contribution in [1.29, 1.82) is 0 Å². The van der Waals surface area contributed by atoms with Crippen molar-refractivity contribution in [2.24, 2.45) is 5.92 Å². The van der Waals surface area contributed by atoms with E-state index in [1.54, 1.807) is 0 Å². The molecule has 1 aromatic carbocycles. The van der Waals surface area contributed by atoms with Crippen molar-refractivity contribution in [2.75, 3.05) is 19.6 Å². The van der Waals surface area contributed by atoms with Crippen LogP contribution in [0.2, 0.25) is 0 Å². The lowest BCUT2D eigenvalue weighted by Crippen LogP contribution is -2.54. The Morgan fingerprint density at radius 3 is 2.46 bits per heavy atom. The number of carbonyl (C=O) groups excluding carboxylic acids is 1. The Kier molecular flexibility index (Phi) is 4.26. The number of carbonyl (C=O) groups is 1. The van der Waals surface area contributed by atoms with Gasteiger partial charge in [-0.15, -0.1) is 0 Å². The van der Waals surface area contributed by atoms with Crippen molar-refractivity contribution in [1.82, 2.24) is 20.7 Å². The molecule has 1 amide bonds. The minimum atomic E-state index is -0.0477. The Labute approximate surface area is 156 Å². The van der Waals surface area contributed by atoms with Gasteiger partial charge in [-0.25, -0.2) is 5.43 Å². The number of benzene rings is 1. The van der Waals surface area contributed by atoms with Crippen LogP contribution >= 0.6 is 0 Å². The zero-order chi connectivity index (χ0) is 17.7. The molecule has 5 nitrogen and oxygen atoms in total. The fraction of sp³-hybridized carbons (Fsp3) is 0.667. The molecule has 1 aromatic rings. The first-order valence-corrected chi connectivity index (χ1v) is 10.3. The molecule has 2 unspecified atom stereocenters. The molecule has 4 heterocycles. The topological polar surface area (TPSA) is 47.6 Å². The van der Waals surface area contributed by atoms with Crippen LogP contribution in [0.15, 0.2) is 24.3 Å². The highest BCUT2D eigenvalue weighted by Gasteiger charge is 2.42. The van der Waals surface area contributed by atoms with Gasteiger partial charge in [-0.3, -0.25) is 15.1 Å². The third-order valence-electron chi connectivity index (χ3n) is 6.96. The molecule has 4 aliphatic heterocycles. The zero-order valence-corrected chi connectivity index (χ0v) is 15.7. The molecule has 6 rings (SSSR count). The standard InChI is InChI=1S/C21H30N4O/c1-14-8-20(23-22-14)21(26)25-12-15-6-7-18(25)13-24(11-15)19-9-16-4-2-3-5-17(16)10-19/h2-5,14-15,18-20,22-23H,6-13H2,1H3/t14?,15-,18+,20?/m0/s1. The Bertz CT molecular complexity index is 667. The summed E-state index contributed by atoms with van der Waals surface area (Å²) in [6.07, 6.45) is 5.69. The molecular weight excluding hydrogens is 324 g/mol. The van der Waals surface area contributed by atoms with Crippen LogP contribution in [0.25, 0.3) is 0 Å². The number of hydrogen-bond acceptors (Lipinski definition) is 4.